The summed E-state index contributed by atoms with van der Waals surface area (Å²) >= 11 is 0. The number of nitrogens with zero attached hydrogens (tertiary/aromatic N) is 3. The van der Waals surface area contributed by atoms with Crippen molar-refractivity contribution in [3.8, 4) is 0 Å². The van der Waals surface area contributed by atoms with E-state index in [-0.39, 0.29) is 29.6 Å². The molecule has 3 amide bonds. The molecule has 1 N–H and O–H groups in total. The zero-order valence-corrected chi connectivity index (χ0v) is 24.0. The van der Waals surface area contributed by atoms with Crippen molar-refractivity contribution in [1.29, 1.82) is 0 Å². The van der Waals surface area contributed by atoms with Crippen LogP contribution >= 0.6 is 0 Å². The van der Waals surface area contributed by atoms with Crippen LogP contribution in [0.3, 0.4) is 0 Å². The Morgan fingerprint density at radius 2 is 1.50 bits per heavy atom. The quantitative estimate of drug-likeness (QED) is 0.395. The van der Waals surface area contributed by atoms with Gasteiger partial charge in [-0.2, -0.15) is 0 Å². The molecule has 1 saturated heterocycles. The fraction of sp³-hybridized carbons (Fsp3) is 0.364. The van der Waals surface area contributed by atoms with E-state index in [1.165, 1.54) is 0 Å². The second-order valence-corrected chi connectivity index (χ2v) is 10.7. The van der Waals surface area contributed by atoms with Gasteiger partial charge in [-0.1, -0.05) is 81.4 Å². The summed E-state index contributed by atoms with van der Waals surface area (Å²) in [5.74, 6) is -0.389. The fourth-order valence-electron chi connectivity index (χ4n) is 5.11. The molecule has 1 atom stereocenters. The Kier molecular flexibility index (Phi) is 9.59. The summed E-state index contributed by atoms with van der Waals surface area (Å²) in [4.78, 5) is 45.4. The number of rotatable bonds is 9. The summed E-state index contributed by atoms with van der Waals surface area (Å²) in [7, 11) is 1.80. The molecule has 0 spiro atoms. The Labute approximate surface area is 237 Å². The molecule has 7 heteroatoms. The van der Waals surface area contributed by atoms with Crippen molar-refractivity contribution in [2.24, 2.45) is 5.92 Å². The third-order valence-electron chi connectivity index (χ3n) is 7.47. The number of amides is 3. The number of carbonyl (C=O) groups excluding carboxylic acids is 3. The summed E-state index contributed by atoms with van der Waals surface area (Å²) < 4.78 is 0. The number of nitrogens with one attached hydrogen (secondary N) is 1. The monoisotopic (exact) mass is 540 g/mol. The summed E-state index contributed by atoms with van der Waals surface area (Å²) in [5.41, 5.74) is 4.04. The van der Waals surface area contributed by atoms with Crippen molar-refractivity contribution in [2.45, 2.75) is 39.7 Å². The van der Waals surface area contributed by atoms with Gasteiger partial charge in [-0.25, -0.2) is 0 Å². The van der Waals surface area contributed by atoms with Crippen molar-refractivity contribution in [2.75, 3.05) is 43.4 Å². The molecule has 7 nitrogen and oxygen atoms in total. The van der Waals surface area contributed by atoms with Gasteiger partial charge in [-0.05, 0) is 35.7 Å². The molecule has 0 saturated carbocycles. The molecular formula is C33H40N4O3. The van der Waals surface area contributed by atoms with Crippen LogP contribution in [0.25, 0.3) is 0 Å². The van der Waals surface area contributed by atoms with Gasteiger partial charge in [0.1, 0.15) is 0 Å². The molecule has 0 unspecified atom stereocenters. The van der Waals surface area contributed by atoms with Crippen LogP contribution in [0.5, 0.6) is 0 Å². The van der Waals surface area contributed by atoms with E-state index in [0.717, 1.165) is 23.2 Å². The highest BCUT2D eigenvalue weighted by Crippen LogP contribution is 2.29. The number of piperazine rings is 1. The van der Waals surface area contributed by atoms with Crippen LogP contribution in [0, 0.1) is 5.92 Å². The Bertz CT molecular complexity index is 1300. The molecule has 0 aliphatic carbocycles. The highest BCUT2D eigenvalue weighted by Gasteiger charge is 2.29. The zero-order chi connectivity index (χ0) is 28.6. The highest BCUT2D eigenvalue weighted by molar-refractivity contribution is 6.02. The van der Waals surface area contributed by atoms with Crippen LogP contribution in [0.2, 0.25) is 0 Å². The maximum Gasteiger partial charge on any atom is 0.256 e. The molecule has 3 aromatic carbocycles. The van der Waals surface area contributed by atoms with Crippen LogP contribution in [0.4, 0.5) is 11.4 Å². The van der Waals surface area contributed by atoms with E-state index >= 15 is 0 Å². The third-order valence-corrected chi connectivity index (χ3v) is 7.47. The van der Waals surface area contributed by atoms with E-state index in [1.54, 1.807) is 18.0 Å². The van der Waals surface area contributed by atoms with Gasteiger partial charge in [0.25, 0.3) is 5.91 Å². The lowest BCUT2D eigenvalue weighted by molar-refractivity contribution is -0.133. The van der Waals surface area contributed by atoms with Gasteiger partial charge < -0.3 is 20.0 Å². The van der Waals surface area contributed by atoms with Crippen molar-refractivity contribution in [1.82, 2.24) is 9.80 Å². The maximum absolute atomic E-state index is 13.8. The van der Waals surface area contributed by atoms with Gasteiger partial charge in [-0.15, -0.1) is 0 Å². The molecule has 0 bridgehead atoms. The second-order valence-electron chi connectivity index (χ2n) is 10.7. The minimum atomic E-state index is -0.173. The van der Waals surface area contributed by atoms with Crippen LogP contribution < -0.4 is 10.2 Å². The minimum Gasteiger partial charge on any atom is -0.367 e. The van der Waals surface area contributed by atoms with Crippen LogP contribution in [-0.2, 0) is 16.1 Å². The number of carbonyl (C=O) groups is 3. The highest BCUT2D eigenvalue weighted by atomic mass is 16.2. The molecule has 1 aliphatic rings. The predicted molar refractivity (Wildman–Crippen MR) is 160 cm³/mol. The van der Waals surface area contributed by atoms with Gasteiger partial charge in [0.15, 0.2) is 0 Å². The van der Waals surface area contributed by atoms with Gasteiger partial charge in [0.2, 0.25) is 11.8 Å². The summed E-state index contributed by atoms with van der Waals surface area (Å²) in [6.07, 6.45) is 0.749. The number of hydrogen-bond donors (Lipinski definition) is 1. The van der Waals surface area contributed by atoms with Gasteiger partial charge in [0, 0.05) is 57.1 Å². The van der Waals surface area contributed by atoms with Crippen LogP contribution in [-0.4, -0.2) is 60.7 Å². The lowest BCUT2D eigenvalue weighted by Gasteiger charge is -2.38. The van der Waals surface area contributed by atoms with Crippen molar-refractivity contribution < 1.29 is 14.4 Å². The van der Waals surface area contributed by atoms with Crippen molar-refractivity contribution in [3.05, 3.63) is 95.6 Å². The molecule has 3 aromatic rings. The molecule has 0 aromatic heterocycles. The van der Waals surface area contributed by atoms with Gasteiger partial charge >= 0.3 is 0 Å². The van der Waals surface area contributed by atoms with Crippen molar-refractivity contribution in [3.63, 3.8) is 0 Å². The van der Waals surface area contributed by atoms with E-state index < -0.39 is 0 Å². The molecule has 4 rings (SSSR count). The molecule has 1 heterocycles. The summed E-state index contributed by atoms with van der Waals surface area (Å²) in [5, 5.41) is 2.93. The second kappa shape index (κ2) is 13.3. The van der Waals surface area contributed by atoms with Crippen molar-refractivity contribution >= 4 is 29.1 Å². The first-order valence-electron chi connectivity index (χ1n) is 14.1. The van der Waals surface area contributed by atoms with E-state index in [2.05, 4.69) is 17.1 Å². The first-order chi connectivity index (χ1) is 19.3. The minimum absolute atomic E-state index is 0.0974. The average Bonchev–Trinajstić information content (AvgIpc) is 2.98. The standard InChI is InChI=1S/C33H40N4O3/c1-5-28(26-14-10-7-11-15-26)33(40)37-20-18-36(19-21-37)30-17-16-27(34-31(38)24(2)3)22-29(30)32(39)35(4)23-25-12-8-6-9-13-25/h6-17,22,24,28H,5,18-21,23H2,1-4H3,(H,34,38)/t28-/m1/s1. The molecule has 40 heavy (non-hydrogen) atoms. The molecular weight excluding hydrogens is 500 g/mol. The van der Waals surface area contributed by atoms with E-state index in [9.17, 15) is 14.4 Å². The molecule has 1 fully saturated rings. The van der Waals surface area contributed by atoms with E-state index in [4.69, 9.17) is 0 Å². The SMILES string of the molecule is CC[C@@H](C(=O)N1CCN(c2ccc(NC(=O)C(C)C)cc2C(=O)N(C)Cc2ccccc2)CC1)c1ccccc1. The summed E-state index contributed by atoms with van der Waals surface area (Å²) in [6.45, 7) is 8.62. The lowest BCUT2D eigenvalue weighted by atomic mass is 9.94. The first-order valence-corrected chi connectivity index (χ1v) is 14.1. The Morgan fingerprint density at radius 3 is 2.10 bits per heavy atom. The molecule has 1 aliphatic heterocycles. The number of benzene rings is 3. The number of hydrogen-bond acceptors (Lipinski definition) is 4. The molecule has 210 valence electrons. The van der Waals surface area contributed by atoms with Gasteiger partial charge in [0.05, 0.1) is 11.5 Å². The van der Waals surface area contributed by atoms with Crippen LogP contribution in [0.15, 0.2) is 78.9 Å². The Hall–Kier alpha value is -4.13. The Balaban J connectivity index is 1.53. The lowest BCUT2D eigenvalue weighted by Crippen LogP contribution is -2.50. The van der Waals surface area contributed by atoms with E-state index in [0.29, 0.717) is 44.0 Å². The first kappa shape index (κ1) is 28.9. The fourth-order valence-corrected chi connectivity index (χ4v) is 5.11. The topological polar surface area (TPSA) is 73.0 Å². The van der Waals surface area contributed by atoms with Crippen LogP contribution in [0.1, 0.15) is 54.6 Å². The predicted octanol–water partition coefficient (Wildman–Crippen LogP) is 5.40. The Morgan fingerprint density at radius 1 is 0.875 bits per heavy atom. The smallest absolute Gasteiger partial charge is 0.256 e. The maximum atomic E-state index is 13.8. The molecule has 0 radical (unpaired) electrons. The summed E-state index contributed by atoms with van der Waals surface area (Å²) in [6, 6.07) is 25.4. The normalized spacial score (nSPS) is 14.1. The van der Waals surface area contributed by atoms with Gasteiger partial charge in [-0.3, -0.25) is 14.4 Å². The average molecular weight is 541 g/mol. The largest absolute Gasteiger partial charge is 0.367 e. The third kappa shape index (κ3) is 6.89. The number of anilines is 2. The van der Waals surface area contributed by atoms with E-state index in [1.807, 2.05) is 91.5 Å². The zero-order valence-electron chi connectivity index (χ0n) is 24.0.